The molecular formula is C25H52O2Si2. The zero-order valence-corrected chi connectivity index (χ0v) is 24.2. The number of allylic oxidation sites excluding steroid dienone is 1. The van der Waals surface area contributed by atoms with Crippen LogP contribution in [0.4, 0.5) is 0 Å². The summed E-state index contributed by atoms with van der Waals surface area (Å²) in [5.41, 5.74) is 5.76. The highest BCUT2D eigenvalue weighted by Crippen LogP contribution is 2.45. The third kappa shape index (κ3) is 6.10. The van der Waals surface area contributed by atoms with Gasteiger partial charge in [-0.25, -0.2) is 0 Å². The van der Waals surface area contributed by atoms with Crippen molar-refractivity contribution >= 4 is 16.6 Å². The van der Waals surface area contributed by atoms with E-state index in [4.69, 9.17) is 8.85 Å². The van der Waals surface area contributed by atoms with E-state index in [0.717, 1.165) is 5.76 Å². The predicted octanol–water partition coefficient (Wildman–Crippen LogP) is 9.22. The molecule has 0 unspecified atom stereocenters. The molecule has 4 heteroatoms. The summed E-state index contributed by atoms with van der Waals surface area (Å²) in [4.78, 5) is 0. The molecule has 0 saturated heterocycles. The molecule has 172 valence electrons. The quantitative estimate of drug-likeness (QED) is 0.171. The Morgan fingerprint density at radius 1 is 0.621 bits per heavy atom. The van der Waals surface area contributed by atoms with Crippen molar-refractivity contribution in [2.75, 3.05) is 6.61 Å². The Morgan fingerprint density at radius 2 is 0.931 bits per heavy atom. The summed E-state index contributed by atoms with van der Waals surface area (Å²) < 4.78 is 13.8. The number of rotatable bonds is 12. The fraction of sp³-hybridized carbons (Fsp3) is 0.840. The van der Waals surface area contributed by atoms with Crippen LogP contribution < -0.4 is 0 Å². The molecule has 0 aliphatic rings. The van der Waals surface area contributed by atoms with Gasteiger partial charge in [-0.15, -0.1) is 0 Å². The maximum atomic E-state index is 6.91. The van der Waals surface area contributed by atoms with E-state index >= 15 is 0 Å². The minimum atomic E-state index is -2.02. The van der Waals surface area contributed by atoms with E-state index in [9.17, 15) is 0 Å². The van der Waals surface area contributed by atoms with Crippen molar-refractivity contribution in [1.82, 2.24) is 0 Å². The van der Waals surface area contributed by atoms with Crippen LogP contribution in [-0.2, 0) is 8.85 Å². The van der Waals surface area contributed by atoms with Crippen LogP contribution in [0.25, 0.3) is 0 Å². The SMILES string of the molecule is C=C(O[Si](C(C)C)(C(C)C)C(C)C)C(CO[Si](C(C)C)(C(C)C)C(C)C)=C(C)C. The third-order valence-corrected chi connectivity index (χ3v) is 19.2. The molecule has 0 amide bonds. The molecule has 29 heavy (non-hydrogen) atoms. The van der Waals surface area contributed by atoms with Gasteiger partial charge in [0.15, 0.2) is 0 Å². The first-order valence-electron chi connectivity index (χ1n) is 11.8. The van der Waals surface area contributed by atoms with Gasteiger partial charge in [0, 0.05) is 5.57 Å². The van der Waals surface area contributed by atoms with Gasteiger partial charge in [-0.1, -0.05) is 95.2 Å². The monoisotopic (exact) mass is 440 g/mol. The van der Waals surface area contributed by atoms with E-state index < -0.39 is 16.6 Å². The lowest BCUT2D eigenvalue weighted by Crippen LogP contribution is -2.49. The summed E-state index contributed by atoms with van der Waals surface area (Å²) in [5, 5.41) is 0. The predicted molar refractivity (Wildman–Crippen MR) is 137 cm³/mol. The lowest BCUT2D eigenvalue weighted by molar-refractivity contribution is 0.292. The molecule has 0 radical (unpaired) electrons. The van der Waals surface area contributed by atoms with Gasteiger partial charge in [0.1, 0.15) is 5.76 Å². The van der Waals surface area contributed by atoms with Crippen LogP contribution in [0.2, 0.25) is 33.2 Å². The van der Waals surface area contributed by atoms with Crippen LogP contribution in [0.3, 0.4) is 0 Å². The van der Waals surface area contributed by atoms with E-state index in [0.29, 0.717) is 39.9 Å². The van der Waals surface area contributed by atoms with Crippen LogP contribution in [0.1, 0.15) is 96.9 Å². The molecule has 0 aromatic heterocycles. The van der Waals surface area contributed by atoms with Gasteiger partial charge in [0.25, 0.3) is 8.32 Å². The zero-order chi connectivity index (χ0) is 23.3. The van der Waals surface area contributed by atoms with Gasteiger partial charge < -0.3 is 8.85 Å². The largest absolute Gasteiger partial charge is 0.543 e. The second-order valence-corrected chi connectivity index (χ2v) is 21.8. The Hall–Kier alpha value is -0.326. The van der Waals surface area contributed by atoms with E-state index in [-0.39, 0.29) is 0 Å². The summed E-state index contributed by atoms with van der Waals surface area (Å²) in [5.74, 6) is 0.854. The Bertz CT molecular complexity index is 510. The Kier molecular flexibility index (Phi) is 11.2. The fourth-order valence-electron chi connectivity index (χ4n) is 5.83. The first-order chi connectivity index (χ1) is 13.1. The van der Waals surface area contributed by atoms with Crippen LogP contribution >= 0.6 is 0 Å². The maximum Gasteiger partial charge on any atom is 0.258 e. The summed E-state index contributed by atoms with van der Waals surface area (Å²) in [6, 6.07) is 0. The smallest absolute Gasteiger partial charge is 0.258 e. The molecule has 0 aromatic rings. The minimum absolute atomic E-state index is 0.536. The average molecular weight is 441 g/mol. The molecule has 0 rings (SSSR count). The van der Waals surface area contributed by atoms with Crippen LogP contribution in [0.15, 0.2) is 23.5 Å². The van der Waals surface area contributed by atoms with Crippen molar-refractivity contribution in [2.45, 2.75) is 130 Å². The van der Waals surface area contributed by atoms with E-state index in [1.807, 2.05) is 0 Å². The first kappa shape index (κ1) is 28.7. The highest BCUT2D eigenvalue weighted by molar-refractivity contribution is 6.78. The Labute approximate surface area is 185 Å². The standard InChI is InChI=1S/C25H52O2Si2/c1-17(2)25(16-26-28(18(3)4,19(5)6)20(7)8)24(15)27-29(21(9)10,22(11)12)23(13)14/h18-23H,15-16H2,1-14H3. The number of hydrogen-bond acceptors (Lipinski definition) is 2. The van der Waals surface area contributed by atoms with Crippen molar-refractivity contribution < 1.29 is 8.85 Å². The molecule has 0 aliphatic carbocycles. The van der Waals surface area contributed by atoms with E-state index in [2.05, 4.69) is 104 Å². The molecule has 0 fully saturated rings. The van der Waals surface area contributed by atoms with Gasteiger partial charge in [0.05, 0.1) is 6.61 Å². The lowest BCUT2D eigenvalue weighted by Gasteiger charge is -2.44. The molecule has 0 saturated carbocycles. The van der Waals surface area contributed by atoms with Crippen LogP contribution in [0.5, 0.6) is 0 Å². The maximum absolute atomic E-state index is 6.91. The molecular weight excluding hydrogens is 388 g/mol. The van der Waals surface area contributed by atoms with Gasteiger partial charge in [-0.05, 0) is 47.1 Å². The molecule has 0 aromatic carbocycles. The normalized spacial score (nSPS) is 13.4. The highest BCUT2D eigenvalue weighted by Gasteiger charge is 2.48. The topological polar surface area (TPSA) is 18.5 Å². The molecule has 0 aliphatic heterocycles. The fourth-order valence-corrected chi connectivity index (χ4v) is 16.5. The van der Waals surface area contributed by atoms with Crippen molar-refractivity contribution in [3.8, 4) is 0 Å². The number of hydrogen-bond donors (Lipinski definition) is 0. The second kappa shape index (κ2) is 11.3. The van der Waals surface area contributed by atoms with Crippen LogP contribution in [-0.4, -0.2) is 23.2 Å². The second-order valence-electron chi connectivity index (χ2n) is 10.9. The average Bonchev–Trinajstić information content (AvgIpc) is 2.53. The van der Waals surface area contributed by atoms with Crippen molar-refractivity contribution in [2.24, 2.45) is 0 Å². The van der Waals surface area contributed by atoms with Gasteiger partial charge in [-0.3, -0.25) is 0 Å². The third-order valence-electron chi connectivity index (χ3n) is 7.12. The highest BCUT2D eigenvalue weighted by atomic mass is 28.4. The molecule has 2 nitrogen and oxygen atoms in total. The van der Waals surface area contributed by atoms with Crippen molar-refractivity contribution in [3.63, 3.8) is 0 Å². The molecule has 0 N–H and O–H groups in total. The molecule has 0 spiro atoms. The Balaban J connectivity index is 5.92. The van der Waals surface area contributed by atoms with Gasteiger partial charge in [-0.2, -0.15) is 0 Å². The van der Waals surface area contributed by atoms with E-state index in [1.54, 1.807) is 0 Å². The zero-order valence-electron chi connectivity index (χ0n) is 22.2. The summed E-state index contributed by atoms with van der Waals surface area (Å²) in [6.07, 6.45) is 0. The van der Waals surface area contributed by atoms with E-state index in [1.165, 1.54) is 11.1 Å². The van der Waals surface area contributed by atoms with Gasteiger partial charge >= 0.3 is 0 Å². The molecule has 0 bridgehead atoms. The van der Waals surface area contributed by atoms with Crippen molar-refractivity contribution in [1.29, 1.82) is 0 Å². The molecule has 0 heterocycles. The Morgan fingerprint density at radius 3 is 1.17 bits per heavy atom. The van der Waals surface area contributed by atoms with Crippen LogP contribution in [0, 0.1) is 0 Å². The summed E-state index contributed by atoms with van der Waals surface area (Å²) >= 11 is 0. The molecule has 0 atom stereocenters. The summed E-state index contributed by atoms with van der Waals surface area (Å²) in [7, 11) is -3.94. The van der Waals surface area contributed by atoms with Gasteiger partial charge in [0.2, 0.25) is 8.32 Å². The first-order valence-corrected chi connectivity index (χ1v) is 16.0. The lowest BCUT2D eigenvalue weighted by atomic mass is 10.1. The minimum Gasteiger partial charge on any atom is -0.543 e. The summed E-state index contributed by atoms with van der Waals surface area (Å²) in [6.45, 7) is 37.4. The van der Waals surface area contributed by atoms with Crippen molar-refractivity contribution in [3.05, 3.63) is 23.5 Å².